The molecule has 4 atom stereocenters. The zero-order chi connectivity index (χ0) is 47.7. The predicted molar refractivity (Wildman–Crippen MR) is 257 cm³/mol. The van der Waals surface area contributed by atoms with Gasteiger partial charge in [-0.2, -0.15) is 0 Å². The SMILES string of the molecule is O=C(O)CCCNC(=O)[C@@H]1Cc2ccc(cc2)OCC(=O)N[C@@H](Cc2ccc(-c3ccncc3)cc2)C(=O)N[C@H](Cc2ccc(-c3ccccc3)cc2)C(=O)N[C@@H](CCc2ccccc2)C(=O)N1. The lowest BCUT2D eigenvalue weighted by Gasteiger charge is -2.27. The van der Waals surface area contributed by atoms with Crippen molar-refractivity contribution in [2.24, 2.45) is 0 Å². The highest BCUT2D eigenvalue weighted by Gasteiger charge is 2.32. The molecule has 2 aliphatic heterocycles. The number of fused-ring (bicyclic) bond motifs is 16. The number of amides is 5. The quantitative estimate of drug-likeness (QED) is 0.0612. The fourth-order valence-electron chi connectivity index (χ4n) is 7.90. The molecule has 0 fully saturated rings. The average molecular weight is 915 g/mol. The molecule has 14 nitrogen and oxygen atoms in total. The summed E-state index contributed by atoms with van der Waals surface area (Å²) >= 11 is 0. The number of ether oxygens (including phenoxy) is 1. The van der Waals surface area contributed by atoms with E-state index in [1.165, 1.54) is 0 Å². The van der Waals surface area contributed by atoms with Gasteiger partial charge in [-0.15, -0.1) is 0 Å². The van der Waals surface area contributed by atoms with Crippen LogP contribution < -0.4 is 31.3 Å². The van der Waals surface area contributed by atoms with Gasteiger partial charge >= 0.3 is 5.97 Å². The number of aryl methyl sites for hydroxylation is 1. The molecule has 3 heterocycles. The summed E-state index contributed by atoms with van der Waals surface area (Å²) < 4.78 is 5.84. The molecule has 8 rings (SSSR count). The van der Waals surface area contributed by atoms with Gasteiger partial charge in [-0.1, -0.05) is 121 Å². The lowest BCUT2D eigenvalue weighted by molar-refractivity contribution is -0.137. The predicted octanol–water partition coefficient (Wildman–Crippen LogP) is 5.39. The van der Waals surface area contributed by atoms with Crippen molar-refractivity contribution in [2.45, 2.75) is 69.1 Å². The molecule has 0 radical (unpaired) electrons. The Kier molecular flexibility index (Phi) is 16.8. The summed E-state index contributed by atoms with van der Waals surface area (Å²) in [6.45, 7) is -0.367. The van der Waals surface area contributed by atoms with Gasteiger partial charge in [-0.05, 0) is 88.0 Å². The molecule has 6 aromatic rings. The third-order valence-electron chi connectivity index (χ3n) is 11.6. The lowest BCUT2D eigenvalue weighted by Crippen LogP contribution is -2.59. The van der Waals surface area contributed by atoms with Gasteiger partial charge in [0.1, 0.15) is 29.9 Å². The molecule has 1 aromatic heterocycles. The number of carbonyl (C=O) groups is 6. The number of carboxylic acids is 1. The van der Waals surface area contributed by atoms with Crippen LogP contribution in [0.5, 0.6) is 5.75 Å². The number of carbonyl (C=O) groups excluding carboxylic acids is 5. The molecular formula is C54H54N6O8. The Hall–Kier alpha value is -8.13. The Labute approximate surface area is 394 Å². The van der Waals surface area contributed by atoms with Crippen LogP contribution in [0.1, 0.15) is 41.5 Å². The van der Waals surface area contributed by atoms with Crippen molar-refractivity contribution in [3.63, 3.8) is 0 Å². The van der Waals surface area contributed by atoms with Crippen LogP contribution in [0, 0.1) is 0 Å². The largest absolute Gasteiger partial charge is 0.484 e. The van der Waals surface area contributed by atoms with Crippen LogP contribution >= 0.6 is 0 Å². The molecule has 68 heavy (non-hydrogen) atoms. The summed E-state index contributed by atoms with van der Waals surface area (Å²) in [5.74, 6) is -3.69. The third kappa shape index (κ3) is 14.2. The summed E-state index contributed by atoms with van der Waals surface area (Å²) in [5, 5.41) is 23.4. The van der Waals surface area contributed by atoms with Crippen LogP contribution in [-0.4, -0.2) is 82.9 Å². The minimum atomic E-state index is -1.23. The number of pyridine rings is 1. The van der Waals surface area contributed by atoms with Crippen molar-refractivity contribution in [3.8, 4) is 28.0 Å². The van der Waals surface area contributed by atoms with E-state index in [-0.39, 0.29) is 45.1 Å². The molecule has 5 aromatic carbocycles. The Balaban J connectivity index is 1.21. The monoisotopic (exact) mass is 914 g/mol. The molecule has 0 saturated carbocycles. The summed E-state index contributed by atoms with van der Waals surface area (Å²) in [4.78, 5) is 86.4. The van der Waals surface area contributed by atoms with Gasteiger partial charge in [0.25, 0.3) is 5.91 Å². The normalized spacial score (nSPS) is 18.0. The number of rotatable bonds is 14. The highest BCUT2D eigenvalue weighted by atomic mass is 16.5. The second-order valence-electron chi connectivity index (χ2n) is 16.7. The van der Waals surface area contributed by atoms with Crippen LogP contribution in [0.2, 0.25) is 0 Å². The number of nitrogens with one attached hydrogen (secondary N) is 5. The molecule has 0 spiro atoms. The summed E-state index contributed by atoms with van der Waals surface area (Å²) in [6.07, 6.45) is 4.11. The van der Waals surface area contributed by atoms with Gasteiger partial charge in [-0.3, -0.25) is 33.8 Å². The molecule has 14 heteroatoms. The van der Waals surface area contributed by atoms with E-state index in [1.54, 1.807) is 36.7 Å². The van der Waals surface area contributed by atoms with Gasteiger partial charge in [-0.25, -0.2) is 0 Å². The third-order valence-corrected chi connectivity index (χ3v) is 11.6. The molecule has 2 bridgehead atoms. The van der Waals surface area contributed by atoms with Crippen molar-refractivity contribution in [1.29, 1.82) is 0 Å². The number of nitrogens with zero attached hydrogens (tertiary/aromatic N) is 1. The van der Waals surface area contributed by atoms with Crippen LogP contribution in [0.25, 0.3) is 22.3 Å². The Morgan fingerprint density at radius 1 is 0.588 bits per heavy atom. The molecule has 6 N–H and O–H groups in total. The minimum Gasteiger partial charge on any atom is -0.484 e. The zero-order valence-corrected chi connectivity index (χ0v) is 37.4. The van der Waals surface area contributed by atoms with E-state index < -0.39 is 66.3 Å². The van der Waals surface area contributed by atoms with Gasteiger partial charge in [0.15, 0.2) is 6.61 Å². The fourth-order valence-corrected chi connectivity index (χ4v) is 7.90. The molecule has 0 aliphatic carbocycles. The first kappa shape index (κ1) is 47.8. The number of aliphatic carboxylic acids is 1. The first-order valence-electron chi connectivity index (χ1n) is 22.7. The van der Waals surface area contributed by atoms with E-state index in [0.29, 0.717) is 17.7 Å². The molecule has 0 unspecified atom stereocenters. The van der Waals surface area contributed by atoms with Crippen molar-refractivity contribution in [1.82, 2.24) is 31.6 Å². The lowest BCUT2D eigenvalue weighted by atomic mass is 9.98. The number of aromatic nitrogens is 1. The van der Waals surface area contributed by atoms with Crippen LogP contribution in [0.15, 0.2) is 158 Å². The van der Waals surface area contributed by atoms with Crippen LogP contribution in [0.3, 0.4) is 0 Å². The summed E-state index contributed by atoms with van der Waals surface area (Å²) in [5.41, 5.74) is 6.89. The maximum absolute atomic E-state index is 14.7. The molecule has 0 saturated heterocycles. The van der Waals surface area contributed by atoms with E-state index >= 15 is 0 Å². The first-order chi connectivity index (χ1) is 33.1. The molecule has 348 valence electrons. The van der Waals surface area contributed by atoms with Crippen molar-refractivity contribution in [3.05, 3.63) is 180 Å². The van der Waals surface area contributed by atoms with Gasteiger partial charge in [0.05, 0.1) is 0 Å². The highest BCUT2D eigenvalue weighted by molar-refractivity contribution is 5.96. The van der Waals surface area contributed by atoms with Gasteiger partial charge < -0.3 is 36.4 Å². The number of benzene rings is 5. The molecular weight excluding hydrogens is 861 g/mol. The average Bonchev–Trinajstić information content (AvgIpc) is 3.36. The van der Waals surface area contributed by atoms with Gasteiger partial charge in [0, 0.05) is 44.6 Å². The fraction of sp³-hybridized carbons (Fsp3) is 0.241. The van der Waals surface area contributed by atoms with E-state index in [9.17, 15) is 28.8 Å². The van der Waals surface area contributed by atoms with Crippen LogP contribution in [0.4, 0.5) is 0 Å². The van der Waals surface area contributed by atoms with E-state index in [1.807, 2.05) is 121 Å². The standard InChI is InChI=1S/C54H54N6O8/c61-49-35-68-44-24-17-39(18-25-44)32-46(51(64)56-29-7-12-50(62)63)59-52(65)45(26-19-36-8-3-1-4-9-36)58-54(67)48(34-38-13-20-41(21-14-38)40-10-5-2-6-11-40)60-53(66)47(57-49)33-37-15-22-42(23-16-37)43-27-30-55-31-28-43/h1-6,8-11,13-18,20-25,27-28,30-31,45-48H,7,12,19,26,29,32-35H2,(H,56,64)(H,57,61)(H,58,67)(H,59,65)(H,60,66)(H,62,63)/t45-,46-,47-,48+/m0/s1. The molecule has 2 aliphatic rings. The Bertz CT molecular complexity index is 2630. The maximum atomic E-state index is 14.7. The van der Waals surface area contributed by atoms with E-state index in [2.05, 4.69) is 31.6 Å². The van der Waals surface area contributed by atoms with Crippen molar-refractivity contribution >= 4 is 35.5 Å². The first-order valence-corrected chi connectivity index (χ1v) is 22.7. The van der Waals surface area contributed by atoms with Crippen molar-refractivity contribution in [2.75, 3.05) is 13.2 Å². The number of carboxylic acid groups (broad SMARTS) is 1. The Morgan fingerprint density at radius 2 is 1.12 bits per heavy atom. The maximum Gasteiger partial charge on any atom is 0.303 e. The summed E-state index contributed by atoms with van der Waals surface area (Å²) in [6, 6.07) is 40.3. The minimum absolute atomic E-state index is 0.0272. The second kappa shape index (κ2) is 23.9. The highest BCUT2D eigenvalue weighted by Crippen LogP contribution is 2.22. The molecule has 5 amide bonds. The van der Waals surface area contributed by atoms with Gasteiger partial charge in [0.2, 0.25) is 23.6 Å². The number of hydrogen-bond acceptors (Lipinski definition) is 8. The topological polar surface area (TPSA) is 205 Å². The Morgan fingerprint density at radius 3 is 1.72 bits per heavy atom. The van der Waals surface area contributed by atoms with Crippen LogP contribution in [-0.2, 0) is 54.5 Å². The smallest absolute Gasteiger partial charge is 0.303 e. The van der Waals surface area contributed by atoms with E-state index in [4.69, 9.17) is 9.84 Å². The van der Waals surface area contributed by atoms with E-state index in [0.717, 1.165) is 38.9 Å². The van der Waals surface area contributed by atoms with Crippen molar-refractivity contribution < 1.29 is 38.6 Å². The summed E-state index contributed by atoms with van der Waals surface area (Å²) in [7, 11) is 0. The number of hydrogen-bond donors (Lipinski definition) is 6. The second-order valence-corrected chi connectivity index (χ2v) is 16.7. The zero-order valence-electron chi connectivity index (χ0n) is 37.4.